The molecule has 29 heavy (non-hydrogen) atoms. The minimum absolute atomic E-state index is 0.240. The van der Waals surface area contributed by atoms with Crippen molar-refractivity contribution in [2.75, 3.05) is 20.8 Å². The number of ketones is 1. The summed E-state index contributed by atoms with van der Waals surface area (Å²) >= 11 is 0. The van der Waals surface area contributed by atoms with Crippen molar-refractivity contribution >= 4 is 20.2 Å². The maximum Gasteiger partial charge on any atom is 0.324 e. The summed E-state index contributed by atoms with van der Waals surface area (Å²) in [4.78, 5) is 27.0. The maximum atomic E-state index is 13.9. The van der Waals surface area contributed by atoms with E-state index in [9.17, 15) is 14.2 Å². The van der Waals surface area contributed by atoms with Gasteiger partial charge in [0, 0.05) is 0 Å². The lowest BCUT2D eigenvalue weighted by atomic mass is 9.68. The minimum atomic E-state index is -1.48. The van der Waals surface area contributed by atoms with E-state index in [0.717, 1.165) is 12.8 Å². The molecule has 1 fully saturated rings. The molecule has 0 N–H and O–H groups in total. The van der Waals surface area contributed by atoms with Crippen molar-refractivity contribution < 1.29 is 28.4 Å². The molecule has 2 rings (SSSR count). The lowest BCUT2D eigenvalue weighted by Gasteiger charge is -2.39. The molecule has 0 spiro atoms. The molecular formula is C22H31O6P. The fraction of sp³-hybridized carbons (Fsp3) is 0.636. The van der Waals surface area contributed by atoms with Crippen LogP contribution in [0, 0.1) is 11.3 Å². The van der Waals surface area contributed by atoms with E-state index in [1.54, 1.807) is 25.1 Å². The molecular weight excluding hydrogens is 391 g/mol. The van der Waals surface area contributed by atoms with Gasteiger partial charge in [0.2, 0.25) is 0 Å². The highest BCUT2D eigenvalue weighted by molar-refractivity contribution is 7.28. The lowest BCUT2D eigenvalue weighted by molar-refractivity contribution is -0.149. The molecule has 1 aliphatic rings. The highest BCUT2D eigenvalue weighted by Gasteiger charge is 2.61. The first-order valence-electron chi connectivity index (χ1n) is 10.0. The quantitative estimate of drug-likeness (QED) is 0.297. The van der Waals surface area contributed by atoms with Crippen molar-refractivity contribution in [1.29, 1.82) is 0 Å². The topological polar surface area (TPSA) is 78.9 Å². The second-order valence-corrected chi connectivity index (χ2v) is 9.21. The Hall–Kier alpha value is -1.94. The number of Topliss-reactive ketones (excluding diaryl/α,β-unsaturated/α-hetero) is 1. The molecule has 6 nitrogen and oxygen atoms in total. The molecule has 1 aromatic carbocycles. The summed E-state index contributed by atoms with van der Waals surface area (Å²) in [6, 6.07) is 5.11. The summed E-state index contributed by atoms with van der Waals surface area (Å²) in [5.74, 6) is 0.242. The highest BCUT2D eigenvalue weighted by atomic mass is 31.1. The minimum Gasteiger partial charge on any atom is -0.496 e. The first-order valence-corrected chi connectivity index (χ1v) is 10.9. The summed E-state index contributed by atoms with van der Waals surface area (Å²) in [7, 11) is 2.55. The number of esters is 1. The average Bonchev–Trinajstić information content (AvgIpc) is 3.23. The third-order valence-electron chi connectivity index (χ3n) is 5.99. The molecule has 0 bridgehead atoms. The van der Waals surface area contributed by atoms with Gasteiger partial charge in [-0.1, -0.05) is 32.8 Å². The molecule has 1 unspecified atom stereocenters. The number of ether oxygens (including phenoxy) is 3. The number of carbonyl (C=O) groups excluding carboxylic acids is 2. The maximum absolute atomic E-state index is 13.9. The average molecular weight is 422 g/mol. The van der Waals surface area contributed by atoms with Gasteiger partial charge in [-0.15, -0.1) is 0 Å². The molecule has 0 amide bonds. The summed E-state index contributed by atoms with van der Waals surface area (Å²) in [6.07, 6.45) is 3.16. The first kappa shape index (κ1) is 23.3. The van der Waals surface area contributed by atoms with E-state index in [1.165, 1.54) is 14.2 Å². The van der Waals surface area contributed by atoms with Crippen LogP contribution in [-0.4, -0.2) is 37.7 Å². The molecule has 0 heterocycles. The van der Waals surface area contributed by atoms with Crippen LogP contribution in [0.25, 0.3) is 0 Å². The van der Waals surface area contributed by atoms with Gasteiger partial charge >= 0.3 is 5.97 Å². The van der Waals surface area contributed by atoms with Crippen LogP contribution >= 0.6 is 8.46 Å². The van der Waals surface area contributed by atoms with E-state index in [0.29, 0.717) is 36.7 Å². The number of carbonyl (C=O) groups is 2. The molecule has 0 radical (unpaired) electrons. The van der Waals surface area contributed by atoms with E-state index in [-0.39, 0.29) is 18.0 Å². The van der Waals surface area contributed by atoms with Crippen molar-refractivity contribution in [2.45, 2.75) is 58.0 Å². The molecule has 0 aromatic heterocycles. The molecule has 160 valence electrons. The Kier molecular flexibility index (Phi) is 7.81. The first-order chi connectivity index (χ1) is 13.8. The van der Waals surface area contributed by atoms with Crippen LogP contribution < -0.4 is 9.47 Å². The van der Waals surface area contributed by atoms with Gasteiger partial charge in [-0.25, -0.2) is 0 Å². The Morgan fingerprint density at radius 3 is 2.14 bits per heavy atom. The van der Waals surface area contributed by atoms with Crippen molar-refractivity contribution in [2.24, 2.45) is 11.3 Å². The normalized spacial score (nSPS) is 17.7. The van der Waals surface area contributed by atoms with Crippen LogP contribution in [0.5, 0.6) is 11.5 Å². The lowest BCUT2D eigenvalue weighted by Crippen LogP contribution is -2.52. The Balaban J connectivity index is 2.51. The van der Waals surface area contributed by atoms with Gasteiger partial charge in [-0.2, -0.15) is 0 Å². The van der Waals surface area contributed by atoms with Gasteiger partial charge in [0.15, 0.2) is 19.4 Å². The Labute approximate surface area is 174 Å². The van der Waals surface area contributed by atoms with Crippen LogP contribution in [0.1, 0.15) is 63.2 Å². The zero-order chi connectivity index (χ0) is 21.7. The van der Waals surface area contributed by atoms with Gasteiger partial charge in [0.05, 0.1) is 26.2 Å². The van der Waals surface area contributed by atoms with Crippen LogP contribution in [0.15, 0.2) is 18.2 Å². The fourth-order valence-electron chi connectivity index (χ4n) is 4.08. The Bertz CT molecular complexity index is 731. The number of methoxy groups -OCH3 is 2. The van der Waals surface area contributed by atoms with Crippen LogP contribution in [-0.2, 0) is 14.1 Å². The molecule has 1 saturated carbocycles. The number of rotatable bonds is 10. The third kappa shape index (κ3) is 4.32. The fourth-order valence-corrected chi connectivity index (χ4v) is 4.71. The Morgan fingerprint density at radius 1 is 1.14 bits per heavy atom. The Morgan fingerprint density at radius 2 is 1.69 bits per heavy atom. The molecule has 1 aliphatic carbocycles. The predicted octanol–water partition coefficient (Wildman–Crippen LogP) is 5.09. The third-order valence-corrected chi connectivity index (χ3v) is 6.96. The van der Waals surface area contributed by atoms with E-state index in [1.807, 2.05) is 13.8 Å². The van der Waals surface area contributed by atoms with Gasteiger partial charge in [0.25, 0.3) is 0 Å². The van der Waals surface area contributed by atoms with Gasteiger partial charge < -0.3 is 14.2 Å². The second-order valence-electron chi connectivity index (χ2n) is 8.14. The molecule has 7 heteroatoms. The van der Waals surface area contributed by atoms with Crippen LogP contribution in [0.2, 0.25) is 0 Å². The van der Waals surface area contributed by atoms with E-state index in [2.05, 4.69) is 0 Å². The van der Waals surface area contributed by atoms with E-state index >= 15 is 0 Å². The summed E-state index contributed by atoms with van der Waals surface area (Å²) < 4.78 is 28.7. The number of benzene rings is 1. The van der Waals surface area contributed by atoms with Crippen molar-refractivity contribution in [1.82, 2.24) is 0 Å². The van der Waals surface area contributed by atoms with Gasteiger partial charge in [0.1, 0.15) is 17.1 Å². The SMILES string of the molecule is COc1cccc(OC)c1C(=O)C1(C(C)(P=O)C(=O)OCCC(C)C)CCCC1. The van der Waals surface area contributed by atoms with Gasteiger partial charge in [-0.3, -0.25) is 14.2 Å². The largest absolute Gasteiger partial charge is 0.496 e. The van der Waals surface area contributed by atoms with E-state index < -0.39 is 25.0 Å². The predicted molar refractivity (Wildman–Crippen MR) is 111 cm³/mol. The van der Waals surface area contributed by atoms with E-state index in [4.69, 9.17) is 14.2 Å². The van der Waals surface area contributed by atoms with Crippen LogP contribution in [0.3, 0.4) is 0 Å². The monoisotopic (exact) mass is 422 g/mol. The zero-order valence-electron chi connectivity index (χ0n) is 17.9. The second kappa shape index (κ2) is 9.71. The highest BCUT2D eigenvalue weighted by Crippen LogP contribution is 2.56. The van der Waals surface area contributed by atoms with Gasteiger partial charge in [-0.05, 0) is 44.2 Å². The van der Waals surface area contributed by atoms with Crippen molar-refractivity contribution in [3.63, 3.8) is 0 Å². The smallest absolute Gasteiger partial charge is 0.324 e. The molecule has 1 aromatic rings. The molecule has 1 atom stereocenters. The van der Waals surface area contributed by atoms with Crippen LogP contribution in [0.4, 0.5) is 0 Å². The summed E-state index contributed by atoms with van der Waals surface area (Å²) in [6.45, 7) is 5.89. The zero-order valence-corrected chi connectivity index (χ0v) is 18.8. The summed E-state index contributed by atoms with van der Waals surface area (Å²) in [5, 5.41) is -1.48. The standard InChI is InChI=1S/C22H31O6P/c1-15(2)11-14-28-20(24)21(3,29-25)22(12-6-7-13-22)19(23)18-16(26-4)9-8-10-17(18)27-5/h8-10,15H,6-7,11-14H2,1-5H3. The van der Waals surface area contributed by atoms with Crippen molar-refractivity contribution in [3.05, 3.63) is 23.8 Å². The number of hydrogen-bond acceptors (Lipinski definition) is 6. The number of hydrogen-bond donors (Lipinski definition) is 0. The molecule has 0 saturated heterocycles. The van der Waals surface area contributed by atoms with Crippen molar-refractivity contribution in [3.8, 4) is 11.5 Å². The summed E-state index contributed by atoms with van der Waals surface area (Å²) in [5.41, 5.74) is -0.864. The molecule has 0 aliphatic heterocycles.